The highest BCUT2D eigenvalue weighted by atomic mass is 19.1. The number of anilines is 2. The Morgan fingerprint density at radius 1 is 1.17 bits per heavy atom. The minimum absolute atomic E-state index is 0.0143. The number of hydrogen-bond acceptors (Lipinski definition) is 3. The zero-order valence-corrected chi connectivity index (χ0v) is 9.65. The molecular weight excluding hydrogens is 229 g/mol. The van der Waals surface area contributed by atoms with Gasteiger partial charge in [-0.1, -0.05) is 18.2 Å². The summed E-state index contributed by atoms with van der Waals surface area (Å²) in [6, 6.07) is 13.8. The van der Waals surface area contributed by atoms with E-state index in [1.165, 1.54) is 6.07 Å². The number of halogens is 1. The second-order valence-electron chi connectivity index (χ2n) is 3.80. The predicted molar refractivity (Wildman–Crippen MR) is 68.7 cm³/mol. The third kappa shape index (κ3) is 2.47. The Morgan fingerprint density at radius 3 is 2.50 bits per heavy atom. The minimum Gasteiger partial charge on any atom is -0.354 e. The van der Waals surface area contributed by atoms with E-state index < -0.39 is 5.82 Å². The van der Waals surface area contributed by atoms with Crippen molar-refractivity contribution in [1.82, 2.24) is 0 Å². The molecule has 3 N–H and O–H groups in total. The van der Waals surface area contributed by atoms with Gasteiger partial charge in [0.05, 0.1) is 5.69 Å². The molecule has 0 spiro atoms. The number of nitrogens with two attached hydrogens (primary N) is 1. The van der Waals surface area contributed by atoms with E-state index in [-0.39, 0.29) is 5.56 Å². The molecule has 0 saturated heterocycles. The fourth-order valence-corrected chi connectivity index (χ4v) is 1.62. The molecule has 0 heterocycles. The lowest BCUT2D eigenvalue weighted by Crippen LogP contribution is -1.98. The van der Waals surface area contributed by atoms with Crippen molar-refractivity contribution in [3.8, 4) is 6.07 Å². The molecular formula is C14H12FN3. The van der Waals surface area contributed by atoms with Gasteiger partial charge in [0.2, 0.25) is 0 Å². The van der Waals surface area contributed by atoms with E-state index in [2.05, 4.69) is 5.32 Å². The Labute approximate surface area is 105 Å². The average molecular weight is 241 g/mol. The second kappa shape index (κ2) is 5.30. The molecule has 0 aromatic heterocycles. The first-order valence-corrected chi connectivity index (χ1v) is 5.49. The Hall–Kier alpha value is -2.38. The summed E-state index contributed by atoms with van der Waals surface area (Å²) >= 11 is 0. The van der Waals surface area contributed by atoms with Crippen LogP contribution in [0.15, 0.2) is 42.5 Å². The molecule has 0 atom stereocenters. The lowest BCUT2D eigenvalue weighted by Gasteiger charge is -2.09. The van der Waals surface area contributed by atoms with Crippen LogP contribution in [0.5, 0.6) is 0 Å². The molecule has 0 aliphatic rings. The van der Waals surface area contributed by atoms with Crippen LogP contribution < -0.4 is 11.1 Å². The molecule has 0 saturated carbocycles. The summed E-state index contributed by atoms with van der Waals surface area (Å²) < 4.78 is 13.4. The topological polar surface area (TPSA) is 61.8 Å². The molecule has 0 aliphatic heterocycles. The zero-order valence-electron chi connectivity index (χ0n) is 9.65. The smallest absolute Gasteiger partial charge is 0.143 e. The third-order valence-electron chi connectivity index (χ3n) is 2.59. The molecule has 0 amide bonds. The zero-order chi connectivity index (χ0) is 13.0. The maximum absolute atomic E-state index is 13.4. The van der Waals surface area contributed by atoms with Crippen molar-refractivity contribution in [3.05, 3.63) is 59.4 Å². The van der Waals surface area contributed by atoms with E-state index in [1.54, 1.807) is 12.1 Å². The van der Waals surface area contributed by atoms with Crippen LogP contribution in [0.4, 0.5) is 15.8 Å². The molecule has 90 valence electrons. The fraction of sp³-hybridized carbons (Fsp3) is 0.0714. The Kier molecular flexibility index (Phi) is 3.56. The van der Waals surface area contributed by atoms with Gasteiger partial charge in [0, 0.05) is 12.2 Å². The van der Waals surface area contributed by atoms with Crippen molar-refractivity contribution >= 4 is 11.4 Å². The number of hydrogen-bond donors (Lipinski definition) is 2. The molecule has 0 radical (unpaired) electrons. The van der Waals surface area contributed by atoms with E-state index in [1.807, 2.05) is 30.3 Å². The molecule has 3 nitrogen and oxygen atoms in total. The largest absolute Gasteiger partial charge is 0.354 e. The van der Waals surface area contributed by atoms with Crippen LogP contribution in [0.1, 0.15) is 11.1 Å². The summed E-state index contributed by atoms with van der Waals surface area (Å²) in [5, 5.41) is 11.9. The molecule has 2 rings (SSSR count). The molecule has 2 aromatic rings. The second-order valence-corrected chi connectivity index (χ2v) is 3.80. The van der Waals surface area contributed by atoms with Crippen LogP contribution in [-0.2, 0) is 6.54 Å². The standard InChI is InChI=1S/C14H12FN3/c15-13-2-1-3-14(12(13)9-17)18-11-6-4-10(8-16)5-7-11/h1-7,18H,8,16H2. The van der Waals surface area contributed by atoms with Crippen LogP contribution in [0.25, 0.3) is 0 Å². The Morgan fingerprint density at radius 2 is 1.89 bits per heavy atom. The Balaban J connectivity index is 2.28. The van der Waals surface area contributed by atoms with E-state index in [0.717, 1.165) is 11.3 Å². The lowest BCUT2D eigenvalue weighted by atomic mass is 10.1. The molecule has 0 bridgehead atoms. The number of rotatable bonds is 3. The van der Waals surface area contributed by atoms with E-state index in [9.17, 15) is 4.39 Å². The summed E-state index contributed by atoms with van der Waals surface area (Å²) in [5.74, 6) is -0.527. The number of benzene rings is 2. The maximum Gasteiger partial charge on any atom is 0.143 e. The minimum atomic E-state index is -0.527. The average Bonchev–Trinajstić information content (AvgIpc) is 2.40. The highest BCUT2D eigenvalue weighted by molar-refractivity contribution is 5.66. The van der Waals surface area contributed by atoms with Gasteiger partial charge in [-0.15, -0.1) is 0 Å². The lowest BCUT2D eigenvalue weighted by molar-refractivity contribution is 0.624. The van der Waals surface area contributed by atoms with Gasteiger partial charge in [-0.3, -0.25) is 0 Å². The first-order chi connectivity index (χ1) is 8.74. The maximum atomic E-state index is 13.4. The number of nitrogens with one attached hydrogen (secondary N) is 1. The Bertz CT molecular complexity index is 585. The molecule has 18 heavy (non-hydrogen) atoms. The van der Waals surface area contributed by atoms with Crippen LogP contribution >= 0.6 is 0 Å². The van der Waals surface area contributed by atoms with Gasteiger partial charge in [-0.05, 0) is 29.8 Å². The van der Waals surface area contributed by atoms with Crippen molar-refractivity contribution in [2.75, 3.05) is 5.32 Å². The summed E-state index contributed by atoms with van der Waals surface area (Å²) in [5.41, 5.74) is 7.78. The monoisotopic (exact) mass is 241 g/mol. The van der Waals surface area contributed by atoms with Crippen LogP contribution in [0.2, 0.25) is 0 Å². The van der Waals surface area contributed by atoms with Crippen molar-refractivity contribution in [3.63, 3.8) is 0 Å². The van der Waals surface area contributed by atoms with Gasteiger partial charge in [-0.2, -0.15) is 5.26 Å². The van der Waals surface area contributed by atoms with Crippen LogP contribution in [-0.4, -0.2) is 0 Å². The number of nitriles is 1. The van der Waals surface area contributed by atoms with E-state index in [4.69, 9.17) is 11.0 Å². The molecule has 0 unspecified atom stereocenters. The van der Waals surface area contributed by atoms with Gasteiger partial charge in [0.1, 0.15) is 17.4 Å². The van der Waals surface area contributed by atoms with Gasteiger partial charge in [0.15, 0.2) is 0 Å². The quantitative estimate of drug-likeness (QED) is 0.868. The van der Waals surface area contributed by atoms with Gasteiger partial charge < -0.3 is 11.1 Å². The summed E-state index contributed by atoms with van der Waals surface area (Å²) in [6.07, 6.45) is 0. The summed E-state index contributed by atoms with van der Waals surface area (Å²) in [6.45, 7) is 0.476. The highest BCUT2D eigenvalue weighted by Crippen LogP contribution is 2.22. The van der Waals surface area contributed by atoms with Gasteiger partial charge in [-0.25, -0.2) is 4.39 Å². The molecule has 4 heteroatoms. The molecule has 0 aliphatic carbocycles. The van der Waals surface area contributed by atoms with Gasteiger partial charge >= 0.3 is 0 Å². The molecule has 0 fully saturated rings. The van der Waals surface area contributed by atoms with Crippen molar-refractivity contribution in [1.29, 1.82) is 5.26 Å². The van der Waals surface area contributed by atoms with Crippen molar-refractivity contribution < 1.29 is 4.39 Å². The third-order valence-corrected chi connectivity index (χ3v) is 2.59. The summed E-state index contributed by atoms with van der Waals surface area (Å²) in [7, 11) is 0. The van der Waals surface area contributed by atoms with Crippen molar-refractivity contribution in [2.24, 2.45) is 5.73 Å². The SMILES string of the molecule is N#Cc1c(F)cccc1Nc1ccc(CN)cc1. The normalized spacial score (nSPS) is 9.83. The van der Waals surface area contributed by atoms with E-state index in [0.29, 0.717) is 12.2 Å². The van der Waals surface area contributed by atoms with Gasteiger partial charge in [0.25, 0.3) is 0 Å². The first-order valence-electron chi connectivity index (χ1n) is 5.49. The number of nitrogens with zero attached hydrogens (tertiary/aromatic N) is 1. The van der Waals surface area contributed by atoms with Crippen molar-refractivity contribution in [2.45, 2.75) is 6.54 Å². The van der Waals surface area contributed by atoms with Crippen LogP contribution in [0.3, 0.4) is 0 Å². The van der Waals surface area contributed by atoms with Crippen LogP contribution in [0, 0.1) is 17.1 Å². The highest BCUT2D eigenvalue weighted by Gasteiger charge is 2.07. The summed E-state index contributed by atoms with van der Waals surface area (Å²) in [4.78, 5) is 0. The fourth-order valence-electron chi connectivity index (χ4n) is 1.62. The first kappa shape index (κ1) is 12.1. The predicted octanol–water partition coefficient (Wildman–Crippen LogP) is 2.90. The molecule has 2 aromatic carbocycles. The van der Waals surface area contributed by atoms with E-state index >= 15 is 0 Å².